The van der Waals surface area contributed by atoms with Crippen molar-refractivity contribution in [3.63, 3.8) is 0 Å². The molecule has 0 bridgehead atoms. The van der Waals surface area contributed by atoms with Crippen LogP contribution in [0.1, 0.15) is 17.5 Å². The van der Waals surface area contributed by atoms with E-state index in [2.05, 4.69) is 10.3 Å². The van der Waals surface area contributed by atoms with Gasteiger partial charge in [0.15, 0.2) is 0 Å². The lowest BCUT2D eigenvalue weighted by molar-refractivity contribution is -0.131. The Hall–Kier alpha value is -2.21. The number of hydrogen-bond donors (Lipinski definition) is 3. The van der Waals surface area contributed by atoms with Crippen molar-refractivity contribution in [1.82, 2.24) is 4.98 Å². The summed E-state index contributed by atoms with van der Waals surface area (Å²) < 4.78 is 0. The van der Waals surface area contributed by atoms with Gasteiger partial charge in [-0.05, 0) is 17.7 Å². The fourth-order valence-electron chi connectivity index (χ4n) is 1.35. The summed E-state index contributed by atoms with van der Waals surface area (Å²) >= 11 is 0. The zero-order valence-electron chi connectivity index (χ0n) is 9.80. The molecule has 0 spiro atoms. The number of carbonyl (C=O) groups excluding carboxylic acids is 1. The van der Waals surface area contributed by atoms with Crippen LogP contribution in [0.5, 0.6) is 0 Å². The predicted molar refractivity (Wildman–Crippen MR) is 68.0 cm³/mol. The zero-order chi connectivity index (χ0) is 13.4. The maximum absolute atomic E-state index is 10.4. The van der Waals surface area contributed by atoms with Crippen LogP contribution in [-0.2, 0) is 16.1 Å². The Balaban J connectivity index is 2.82. The molecule has 0 saturated carbocycles. The van der Waals surface area contributed by atoms with Crippen molar-refractivity contribution >= 4 is 24.1 Å². The number of nitrogens with two attached hydrogens (primary N) is 1. The van der Waals surface area contributed by atoms with Gasteiger partial charge in [-0.15, -0.1) is 0 Å². The van der Waals surface area contributed by atoms with Crippen molar-refractivity contribution in [3.05, 3.63) is 29.5 Å². The molecule has 1 rings (SSSR count). The average Bonchev–Trinajstić information content (AvgIpc) is 2.37. The average molecular weight is 249 g/mol. The van der Waals surface area contributed by atoms with Crippen molar-refractivity contribution in [2.24, 2.45) is 5.73 Å². The first-order valence-electron chi connectivity index (χ1n) is 5.45. The number of carboxylic acid groups (broad SMARTS) is 1. The molecule has 1 heterocycles. The maximum atomic E-state index is 10.4. The highest BCUT2D eigenvalue weighted by Crippen LogP contribution is 2.14. The second-order valence-electron chi connectivity index (χ2n) is 3.53. The first-order valence-corrected chi connectivity index (χ1v) is 5.45. The number of hydrogen-bond acceptors (Lipinski definition) is 5. The van der Waals surface area contributed by atoms with Crippen LogP contribution >= 0.6 is 0 Å². The third-order valence-electron chi connectivity index (χ3n) is 2.18. The molecular weight excluding hydrogens is 234 g/mol. The summed E-state index contributed by atoms with van der Waals surface area (Å²) in [7, 11) is 0. The molecule has 0 amide bonds. The highest BCUT2D eigenvalue weighted by Gasteiger charge is 2.03. The second kappa shape index (κ2) is 7.18. The Bertz CT molecular complexity index is 458. The van der Waals surface area contributed by atoms with E-state index in [1.165, 1.54) is 6.08 Å². The Morgan fingerprint density at radius 2 is 2.33 bits per heavy atom. The molecule has 0 aliphatic rings. The monoisotopic (exact) mass is 249 g/mol. The Labute approximate surface area is 105 Å². The van der Waals surface area contributed by atoms with Crippen LogP contribution in [0.15, 0.2) is 18.3 Å². The molecule has 0 aliphatic heterocycles. The van der Waals surface area contributed by atoms with E-state index in [1.54, 1.807) is 12.3 Å². The quantitative estimate of drug-likeness (QED) is 0.372. The molecule has 0 atom stereocenters. The van der Waals surface area contributed by atoms with E-state index in [-0.39, 0.29) is 6.54 Å². The van der Waals surface area contributed by atoms with Crippen LogP contribution in [0.25, 0.3) is 6.08 Å². The lowest BCUT2D eigenvalue weighted by Gasteiger charge is -2.09. The molecule has 0 fully saturated rings. The van der Waals surface area contributed by atoms with E-state index in [9.17, 15) is 9.59 Å². The molecule has 0 saturated heterocycles. The molecular formula is C12H15N3O3. The first-order chi connectivity index (χ1) is 8.67. The maximum Gasteiger partial charge on any atom is 0.328 e. The number of aldehydes is 1. The fraction of sp³-hybridized carbons (Fsp3) is 0.250. The smallest absolute Gasteiger partial charge is 0.328 e. The van der Waals surface area contributed by atoms with Gasteiger partial charge in [0, 0.05) is 37.3 Å². The SMILES string of the molecule is NCc1cc(C=CC(=O)O)cnc1NCCC=O. The van der Waals surface area contributed by atoms with E-state index >= 15 is 0 Å². The number of aromatic nitrogens is 1. The molecule has 0 aliphatic carbocycles. The number of aliphatic carboxylic acids is 1. The van der Waals surface area contributed by atoms with Gasteiger partial charge in [0.2, 0.25) is 0 Å². The molecule has 1 aromatic rings. The fourth-order valence-corrected chi connectivity index (χ4v) is 1.35. The highest BCUT2D eigenvalue weighted by molar-refractivity contribution is 5.85. The summed E-state index contributed by atoms with van der Waals surface area (Å²) in [6.07, 6.45) is 5.24. The Morgan fingerprint density at radius 3 is 2.94 bits per heavy atom. The molecule has 0 radical (unpaired) electrons. The predicted octanol–water partition coefficient (Wildman–Crippen LogP) is 0.639. The normalized spacial score (nSPS) is 10.5. The Morgan fingerprint density at radius 1 is 1.56 bits per heavy atom. The summed E-state index contributed by atoms with van der Waals surface area (Å²) in [4.78, 5) is 24.7. The van der Waals surface area contributed by atoms with E-state index in [4.69, 9.17) is 10.8 Å². The van der Waals surface area contributed by atoms with Crippen molar-refractivity contribution in [1.29, 1.82) is 0 Å². The third kappa shape index (κ3) is 4.34. The van der Waals surface area contributed by atoms with E-state index < -0.39 is 5.97 Å². The molecule has 1 aromatic heterocycles. The van der Waals surface area contributed by atoms with Gasteiger partial charge in [0.05, 0.1) is 0 Å². The summed E-state index contributed by atoms with van der Waals surface area (Å²) in [6.45, 7) is 0.777. The topological polar surface area (TPSA) is 105 Å². The Kier molecular flexibility index (Phi) is 5.53. The van der Waals surface area contributed by atoms with Crippen LogP contribution < -0.4 is 11.1 Å². The number of rotatable bonds is 7. The summed E-state index contributed by atoms with van der Waals surface area (Å²) in [5, 5.41) is 11.5. The summed E-state index contributed by atoms with van der Waals surface area (Å²) in [5.41, 5.74) is 7.03. The molecule has 6 nitrogen and oxygen atoms in total. The van der Waals surface area contributed by atoms with Crippen molar-refractivity contribution in [3.8, 4) is 0 Å². The minimum Gasteiger partial charge on any atom is -0.478 e. The number of pyridine rings is 1. The summed E-state index contributed by atoms with van der Waals surface area (Å²) in [6, 6.07) is 1.76. The van der Waals surface area contributed by atoms with Crippen LogP contribution in [-0.4, -0.2) is 28.9 Å². The van der Waals surface area contributed by atoms with E-state index in [0.29, 0.717) is 24.3 Å². The minimum absolute atomic E-state index is 0.283. The van der Waals surface area contributed by atoms with Crippen molar-refractivity contribution in [2.75, 3.05) is 11.9 Å². The third-order valence-corrected chi connectivity index (χ3v) is 2.18. The van der Waals surface area contributed by atoms with Gasteiger partial charge in [0.1, 0.15) is 12.1 Å². The second-order valence-corrected chi connectivity index (χ2v) is 3.53. The lowest BCUT2D eigenvalue weighted by atomic mass is 10.1. The standard InChI is InChI=1S/C12H15N3O3/c13-7-10-6-9(2-3-11(17)18)8-15-12(10)14-4-1-5-16/h2-3,5-6,8H,1,4,7,13H2,(H,14,15)(H,17,18). The van der Waals surface area contributed by atoms with Crippen molar-refractivity contribution < 1.29 is 14.7 Å². The largest absolute Gasteiger partial charge is 0.478 e. The minimum atomic E-state index is -1.02. The van der Waals surface area contributed by atoms with Gasteiger partial charge in [-0.25, -0.2) is 9.78 Å². The number of carbonyl (C=O) groups is 2. The van der Waals surface area contributed by atoms with Gasteiger partial charge in [-0.3, -0.25) is 0 Å². The number of carboxylic acids is 1. The van der Waals surface area contributed by atoms with Crippen LogP contribution in [0.2, 0.25) is 0 Å². The van der Waals surface area contributed by atoms with Gasteiger partial charge in [-0.2, -0.15) is 0 Å². The van der Waals surface area contributed by atoms with E-state index in [1.807, 2.05) is 0 Å². The molecule has 6 heteroatoms. The van der Waals surface area contributed by atoms with Gasteiger partial charge in [-0.1, -0.05) is 0 Å². The van der Waals surface area contributed by atoms with Crippen LogP contribution in [0.4, 0.5) is 5.82 Å². The molecule has 4 N–H and O–H groups in total. The highest BCUT2D eigenvalue weighted by atomic mass is 16.4. The number of nitrogens with zero attached hydrogens (tertiary/aromatic N) is 1. The van der Waals surface area contributed by atoms with Gasteiger partial charge in [0.25, 0.3) is 0 Å². The first kappa shape index (κ1) is 13.9. The molecule has 18 heavy (non-hydrogen) atoms. The lowest BCUT2D eigenvalue weighted by Crippen LogP contribution is -2.09. The van der Waals surface area contributed by atoms with E-state index in [0.717, 1.165) is 17.9 Å². The molecule has 0 unspecified atom stereocenters. The molecule has 96 valence electrons. The summed E-state index contributed by atoms with van der Waals surface area (Å²) in [5.74, 6) is -0.399. The van der Waals surface area contributed by atoms with Crippen LogP contribution in [0, 0.1) is 0 Å². The van der Waals surface area contributed by atoms with Gasteiger partial charge < -0.3 is 21.0 Å². The molecule has 0 aromatic carbocycles. The van der Waals surface area contributed by atoms with Crippen LogP contribution in [0.3, 0.4) is 0 Å². The number of nitrogens with one attached hydrogen (secondary N) is 1. The zero-order valence-corrected chi connectivity index (χ0v) is 9.80. The number of anilines is 1. The van der Waals surface area contributed by atoms with Crippen molar-refractivity contribution in [2.45, 2.75) is 13.0 Å². The van der Waals surface area contributed by atoms with Gasteiger partial charge >= 0.3 is 5.97 Å².